The molecule has 1 amide bonds. The first-order valence-corrected chi connectivity index (χ1v) is 13.2. The molecule has 9 heteroatoms. The number of phenols is 1. The van der Waals surface area contributed by atoms with E-state index in [0.717, 1.165) is 70.0 Å². The molecule has 0 bridgehead atoms. The number of amides is 1. The van der Waals surface area contributed by atoms with Crippen LogP contribution in [0.4, 0.5) is 10.1 Å². The molecule has 0 radical (unpaired) electrons. The van der Waals surface area contributed by atoms with Gasteiger partial charge in [-0.15, -0.1) is 0 Å². The van der Waals surface area contributed by atoms with Crippen LogP contribution >= 0.6 is 0 Å². The zero-order valence-electron chi connectivity index (χ0n) is 21.6. The molecule has 7 rings (SSSR count). The van der Waals surface area contributed by atoms with Crippen molar-refractivity contribution in [2.75, 3.05) is 5.32 Å². The second-order valence-corrected chi connectivity index (χ2v) is 10.4. The summed E-state index contributed by atoms with van der Waals surface area (Å²) in [7, 11) is 0. The summed E-state index contributed by atoms with van der Waals surface area (Å²) in [6.07, 6.45) is 4.64. The monoisotopic (exact) mass is 532 g/mol. The maximum Gasteiger partial charge on any atom is 0.227 e. The number of aromatic amines is 2. The van der Waals surface area contributed by atoms with Crippen molar-refractivity contribution in [1.29, 1.82) is 0 Å². The quantitative estimate of drug-likeness (QED) is 0.196. The largest absolute Gasteiger partial charge is 0.508 e. The number of anilines is 1. The number of hydrogen-bond donors (Lipinski definition) is 4. The number of aromatic nitrogens is 5. The van der Waals surface area contributed by atoms with Crippen LogP contribution in [0.2, 0.25) is 0 Å². The Morgan fingerprint density at radius 2 is 1.88 bits per heavy atom. The van der Waals surface area contributed by atoms with Crippen LogP contribution in [0.3, 0.4) is 0 Å². The van der Waals surface area contributed by atoms with E-state index >= 15 is 0 Å². The maximum atomic E-state index is 14.0. The molecule has 1 fully saturated rings. The van der Waals surface area contributed by atoms with Gasteiger partial charge in [-0.2, -0.15) is 5.10 Å². The Morgan fingerprint density at radius 1 is 1.00 bits per heavy atom. The molecular weight excluding hydrogens is 507 g/mol. The number of fused-ring (bicyclic) bond motifs is 2. The van der Waals surface area contributed by atoms with Crippen LogP contribution in [-0.4, -0.2) is 36.2 Å². The lowest BCUT2D eigenvalue weighted by Crippen LogP contribution is -2.28. The first-order valence-electron chi connectivity index (χ1n) is 13.2. The van der Waals surface area contributed by atoms with E-state index < -0.39 is 5.82 Å². The lowest BCUT2D eigenvalue weighted by Gasteiger charge is -2.24. The number of aromatic hydroxyl groups is 1. The predicted octanol–water partition coefficient (Wildman–Crippen LogP) is 6.73. The number of nitrogens with one attached hydrogen (secondary N) is 3. The molecule has 4 aromatic heterocycles. The van der Waals surface area contributed by atoms with E-state index in [0.29, 0.717) is 22.5 Å². The van der Waals surface area contributed by atoms with Gasteiger partial charge >= 0.3 is 0 Å². The zero-order valence-corrected chi connectivity index (χ0v) is 21.6. The number of H-pyrrole nitrogens is 2. The van der Waals surface area contributed by atoms with Gasteiger partial charge in [-0.25, -0.2) is 9.37 Å². The van der Waals surface area contributed by atoms with E-state index in [1.807, 2.05) is 49.4 Å². The van der Waals surface area contributed by atoms with Crippen LogP contribution in [0.15, 0.2) is 66.9 Å². The van der Waals surface area contributed by atoms with E-state index in [1.54, 1.807) is 6.20 Å². The standard InChI is InChI=1S/C31H25FN6O2/c1-16-9-18(12-21(10-16)34-31(40)17-3-2-4-17)24-5-6-26-29(36-24)30(38-37-26)27-15-23-25(35-27)7-8-33-28(23)19-11-20(32)14-22(39)13-19/h5-15,17,35,39H,2-4H2,1H3,(H,34,40)(H,37,38). The summed E-state index contributed by atoms with van der Waals surface area (Å²) in [5.41, 5.74) is 8.06. The number of carbonyl (C=O) groups excluding carboxylic acids is 1. The number of pyridine rings is 2. The first-order chi connectivity index (χ1) is 19.4. The second kappa shape index (κ2) is 9.30. The Bertz CT molecular complexity index is 1920. The summed E-state index contributed by atoms with van der Waals surface area (Å²) in [6, 6.07) is 17.5. The summed E-state index contributed by atoms with van der Waals surface area (Å²) in [5.74, 6) is -0.530. The molecule has 4 N–H and O–H groups in total. The highest BCUT2D eigenvalue weighted by atomic mass is 19.1. The van der Waals surface area contributed by atoms with E-state index in [-0.39, 0.29) is 17.6 Å². The number of hydrogen-bond acceptors (Lipinski definition) is 5. The Hall–Kier alpha value is -5.05. The molecular formula is C31H25FN6O2. The molecule has 198 valence electrons. The summed E-state index contributed by atoms with van der Waals surface area (Å²) in [4.78, 5) is 25.3. The van der Waals surface area contributed by atoms with Gasteiger partial charge in [-0.3, -0.25) is 14.9 Å². The average molecular weight is 533 g/mol. The molecule has 40 heavy (non-hydrogen) atoms. The van der Waals surface area contributed by atoms with Gasteiger partial charge in [0.15, 0.2) is 0 Å². The van der Waals surface area contributed by atoms with E-state index in [9.17, 15) is 14.3 Å². The minimum Gasteiger partial charge on any atom is -0.508 e. The van der Waals surface area contributed by atoms with Crippen molar-refractivity contribution >= 4 is 33.5 Å². The molecule has 0 saturated heterocycles. The van der Waals surface area contributed by atoms with Crippen LogP contribution in [-0.2, 0) is 4.79 Å². The Morgan fingerprint density at radius 3 is 2.67 bits per heavy atom. The smallest absolute Gasteiger partial charge is 0.227 e. The van der Waals surface area contributed by atoms with Crippen LogP contribution in [0, 0.1) is 18.7 Å². The van der Waals surface area contributed by atoms with Crippen molar-refractivity contribution in [3.8, 4) is 39.7 Å². The first kappa shape index (κ1) is 24.0. The van der Waals surface area contributed by atoms with Crippen molar-refractivity contribution in [2.45, 2.75) is 26.2 Å². The fourth-order valence-electron chi connectivity index (χ4n) is 5.29. The SMILES string of the molecule is Cc1cc(NC(=O)C2CCC2)cc(-c2ccc3[nH]nc(-c4cc5c(-c6cc(O)cc(F)c6)nccc5[nH]4)c3n2)c1. The summed E-state index contributed by atoms with van der Waals surface area (Å²) in [5, 5.41) is 21.3. The van der Waals surface area contributed by atoms with Gasteiger partial charge in [-0.05, 0) is 79.9 Å². The van der Waals surface area contributed by atoms with Gasteiger partial charge in [-0.1, -0.05) is 6.42 Å². The van der Waals surface area contributed by atoms with Crippen molar-refractivity contribution in [3.63, 3.8) is 0 Å². The van der Waals surface area contributed by atoms with Gasteiger partial charge in [0, 0.05) is 45.9 Å². The number of benzene rings is 2. The van der Waals surface area contributed by atoms with Crippen molar-refractivity contribution in [3.05, 3.63) is 78.2 Å². The number of carbonyl (C=O) groups is 1. The second-order valence-electron chi connectivity index (χ2n) is 10.4. The average Bonchev–Trinajstić information content (AvgIpc) is 3.50. The van der Waals surface area contributed by atoms with Gasteiger partial charge in [0.05, 0.1) is 22.6 Å². The van der Waals surface area contributed by atoms with Gasteiger partial charge in [0.1, 0.15) is 22.8 Å². The minimum absolute atomic E-state index is 0.0736. The summed E-state index contributed by atoms with van der Waals surface area (Å²) in [6.45, 7) is 2.00. The van der Waals surface area contributed by atoms with Crippen LogP contribution in [0.1, 0.15) is 24.8 Å². The van der Waals surface area contributed by atoms with E-state index in [4.69, 9.17) is 4.98 Å². The third-order valence-electron chi connectivity index (χ3n) is 7.48. The van der Waals surface area contributed by atoms with Crippen LogP contribution in [0.5, 0.6) is 5.75 Å². The molecule has 4 heterocycles. The number of rotatable bonds is 5. The Labute approximate surface area is 228 Å². The topological polar surface area (TPSA) is 120 Å². The Kier molecular flexibility index (Phi) is 5.59. The number of nitrogens with zero attached hydrogens (tertiary/aromatic N) is 3. The molecule has 0 atom stereocenters. The number of aryl methyl sites for hydroxylation is 1. The van der Waals surface area contributed by atoms with Gasteiger partial charge < -0.3 is 15.4 Å². The molecule has 2 aromatic carbocycles. The molecule has 0 unspecified atom stereocenters. The number of halogens is 1. The lowest BCUT2D eigenvalue weighted by molar-refractivity contribution is -0.122. The molecule has 1 saturated carbocycles. The number of phenolic OH excluding ortho intramolecular Hbond substituents is 1. The van der Waals surface area contributed by atoms with Crippen molar-refractivity contribution in [1.82, 2.24) is 25.1 Å². The summed E-state index contributed by atoms with van der Waals surface area (Å²) < 4.78 is 14.0. The van der Waals surface area contributed by atoms with E-state index in [1.165, 1.54) is 12.1 Å². The Balaban J connectivity index is 1.28. The fraction of sp³-hybridized carbons (Fsp3) is 0.161. The normalized spacial score (nSPS) is 13.6. The molecule has 0 aliphatic heterocycles. The maximum absolute atomic E-state index is 14.0. The molecule has 1 aliphatic rings. The summed E-state index contributed by atoms with van der Waals surface area (Å²) >= 11 is 0. The van der Waals surface area contributed by atoms with E-state index in [2.05, 4.69) is 25.5 Å². The molecule has 8 nitrogen and oxygen atoms in total. The molecule has 1 aliphatic carbocycles. The highest BCUT2D eigenvalue weighted by Gasteiger charge is 2.25. The fourth-order valence-corrected chi connectivity index (χ4v) is 5.29. The highest BCUT2D eigenvalue weighted by molar-refractivity contribution is 5.99. The third-order valence-corrected chi connectivity index (χ3v) is 7.48. The van der Waals surface area contributed by atoms with Crippen molar-refractivity contribution < 1.29 is 14.3 Å². The molecule has 6 aromatic rings. The minimum atomic E-state index is -0.540. The zero-order chi connectivity index (χ0) is 27.4. The lowest BCUT2D eigenvalue weighted by atomic mass is 9.85. The van der Waals surface area contributed by atoms with Gasteiger partial charge in [0.25, 0.3) is 0 Å². The predicted molar refractivity (Wildman–Crippen MR) is 152 cm³/mol. The molecule has 0 spiro atoms. The van der Waals surface area contributed by atoms with Crippen molar-refractivity contribution in [2.24, 2.45) is 5.92 Å². The van der Waals surface area contributed by atoms with Crippen LogP contribution < -0.4 is 5.32 Å². The van der Waals surface area contributed by atoms with Crippen LogP contribution in [0.25, 0.3) is 55.8 Å². The highest BCUT2D eigenvalue weighted by Crippen LogP contribution is 2.35. The van der Waals surface area contributed by atoms with Gasteiger partial charge in [0.2, 0.25) is 5.91 Å². The third kappa shape index (κ3) is 4.25.